The molecular weight excluding hydrogens is 334 g/mol. The number of aryl methyl sites for hydroxylation is 1. The van der Waals surface area contributed by atoms with Crippen molar-refractivity contribution in [1.29, 1.82) is 0 Å². The Morgan fingerprint density at radius 3 is 2.60 bits per heavy atom. The quantitative estimate of drug-likeness (QED) is 0.829. The van der Waals surface area contributed by atoms with Gasteiger partial charge in [-0.1, -0.05) is 13.8 Å². The van der Waals surface area contributed by atoms with E-state index in [-0.39, 0.29) is 0 Å². The third-order valence-corrected chi connectivity index (χ3v) is 4.66. The lowest BCUT2D eigenvalue weighted by Crippen LogP contribution is -2.08. The fourth-order valence-electron chi connectivity index (χ4n) is 2.01. The van der Waals surface area contributed by atoms with E-state index in [1.807, 2.05) is 0 Å². The average molecular weight is 354 g/mol. The van der Waals surface area contributed by atoms with Crippen LogP contribution in [0.1, 0.15) is 32.0 Å². The molecule has 1 N–H and O–H groups in total. The van der Waals surface area contributed by atoms with Crippen molar-refractivity contribution in [2.24, 2.45) is 5.92 Å². The minimum atomic E-state index is 0.562. The molecule has 0 aliphatic heterocycles. The van der Waals surface area contributed by atoms with Crippen LogP contribution < -0.4 is 5.32 Å². The van der Waals surface area contributed by atoms with E-state index in [9.17, 15) is 0 Å². The summed E-state index contributed by atoms with van der Waals surface area (Å²) in [4.78, 5) is 9.44. The SMILES string of the molecule is CCNc1nc(-c2cscc2C)nc(CC(C)C)c1Br. The third kappa shape index (κ3) is 3.38. The topological polar surface area (TPSA) is 37.8 Å². The first-order valence-corrected chi connectivity index (χ1v) is 8.60. The smallest absolute Gasteiger partial charge is 0.162 e. The second kappa shape index (κ2) is 6.68. The Balaban J connectivity index is 2.52. The first-order valence-electron chi connectivity index (χ1n) is 6.86. The summed E-state index contributed by atoms with van der Waals surface area (Å²) >= 11 is 5.33. The van der Waals surface area contributed by atoms with E-state index in [0.717, 1.165) is 40.3 Å². The van der Waals surface area contributed by atoms with Gasteiger partial charge in [0, 0.05) is 17.5 Å². The molecule has 0 fully saturated rings. The Morgan fingerprint density at radius 2 is 2.05 bits per heavy atom. The van der Waals surface area contributed by atoms with Crippen LogP contribution in [0, 0.1) is 12.8 Å². The molecule has 0 spiro atoms. The minimum Gasteiger partial charge on any atom is -0.369 e. The van der Waals surface area contributed by atoms with Gasteiger partial charge in [0.15, 0.2) is 5.82 Å². The van der Waals surface area contributed by atoms with Gasteiger partial charge < -0.3 is 5.32 Å². The van der Waals surface area contributed by atoms with Gasteiger partial charge in [0.25, 0.3) is 0 Å². The molecule has 2 aromatic heterocycles. The van der Waals surface area contributed by atoms with E-state index in [1.165, 1.54) is 5.56 Å². The Morgan fingerprint density at radius 1 is 1.30 bits per heavy atom. The fraction of sp³-hybridized carbons (Fsp3) is 0.467. The maximum Gasteiger partial charge on any atom is 0.162 e. The van der Waals surface area contributed by atoms with Crippen molar-refractivity contribution in [2.45, 2.75) is 34.1 Å². The Labute approximate surface area is 133 Å². The highest BCUT2D eigenvalue weighted by atomic mass is 79.9. The predicted octanol–water partition coefficient (Wildman–Crippen LogP) is 4.91. The largest absolute Gasteiger partial charge is 0.369 e. The molecule has 0 aliphatic carbocycles. The molecule has 2 rings (SSSR count). The monoisotopic (exact) mass is 353 g/mol. The standard InChI is InChI=1S/C15H20BrN3S/c1-5-17-15-13(16)12(6-9(2)3)18-14(19-15)11-8-20-7-10(11)4/h7-9H,5-6H2,1-4H3,(H,17,18,19). The van der Waals surface area contributed by atoms with Crippen LogP contribution in [0.2, 0.25) is 0 Å². The van der Waals surface area contributed by atoms with Crippen LogP contribution in [0.4, 0.5) is 5.82 Å². The molecule has 0 radical (unpaired) electrons. The number of halogens is 1. The van der Waals surface area contributed by atoms with E-state index in [0.29, 0.717) is 5.92 Å². The lowest BCUT2D eigenvalue weighted by atomic mass is 10.1. The number of hydrogen-bond donors (Lipinski definition) is 1. The molecule has 0 saturated heterocycles. The van der Waals surface area contributed by atoms with Crippen LogP contribution in [-0.2, 0) is 6.42 Å². The summed E-state index contributed by atoms with van der Waals surface area (Å²) in [5, 5.41) is 7.57. The van der Waals surface area contributed by atoms with E-state index in [2.05, 4.69) is 64.7 Å². The number of anilines is 1. The highest BCUT2D eigenvalue weighted by Gasteiger charge is 2.15. The zero-order chi connectivity index (χ0) is 14.7. The summed E-state index contributed by atoms with van der Waals surface area (Å²) in [7, 11) is 0. The summed E-state index contributed by atoms with van der Waals surface area (Å²) < 4.78 is 0.990. The van der Waals surface area contributed by atoms with Crippen LogP contribution in [0.3, 0.4) is 0 Å². The molecule has 0 atom stereocenters. The molecule has 3 nitrogen and oxygen atoms in total. The molecule has 0 saturated carbocycles. The van der Waals surface area contributed by atoms with Crippen molar-refractivity contribution in [1.82, 2.24) is 9.97 Å². The van der Waals surface area contributed by atoms with Gasteiger partial charge in [0.05, 0.1) is 10.2 Å². The number of thiophene rings is 1. The van der Waals surface area contributed by atoms with Gasteiger partial charge >= 0.3 is 0 Å². The minimum absolute atomic E-state index is 0.562. The molecule has 2 heterocycles. The molecule has 0 amide bonds. The highest BCUT2D eigenvalue weighted by Crippen LogP contribution is 2.31. The number of aromatic nitrogens is 2. The van der Waals surface area contributed by atoms with Gasteiger partial charge in [-0.3, -0.25) is 0 Å². The molecule has 108 valence electrons. The zero-order valence-corrected chi connectivity index (χ0v) is 14.7. The van der Waals surface area contributed by atoms with Crippen molar-refractivity contribution >= 4 is 33.1 Å². The normalized spacial score (nSPS) is 11.1. The zero-order valence-electron chi connectivity index (χ0n) is 12.3. The maximum atomic E-state index is 4.77. The van der Waals surface area contributed by atoms with Crippen LogP contribution >= 0.6 is 27.3 Å². The van der Waals surface area contributed by atoms with Gasteiger partial charge in [-0.25, -0.2) is 9.97 Å². The summed E-state index contributed by atoms with van der Waals surface area (Å²) in [6.07, 6.45) is 0.942. The molecule has 20 heavy (non-hydrogen) atoms. The second-order valence-corrected chi connectivity index (χ2v) is 6.79. The third-order valence-electron chi connectivity index (χ3n) is 2.96. The summed E-state index contributed by atoms with van der Waals surface area (Å²) in [6, 6.07) is 0. The van der Waals surface area contributed by atoms with Gasteiger partial charge in [-0.05, 0) is 53.1 Å². The molecule has 0 unspecified atom stereocenters. The number of nitrogens with zero attached hydrogens (tertiary/aromatic N) is 2. The Bertz CT molecular complexity index is 593. The van der Waals surface area contributed by atoms with Crippen molar-refractivity contribution in [3.8, 4) is 11.4 Å². The number of nitrogens with one attached hydrogen (secondary N) is 1. The average Bonchev–Trinajstić information content (AvgIpc) is 2.80. The second-order valence-electron chi connectivity index (χ2n) is 5.25. The van der Waals surface area contributed by atoms with Gasteiger partial charge in [-0.2, -0.15) is 11.3 Å². The lowest BCUT2D eigenvalue weighted by molar-refractivity contribution is 0.632. The molecule has 0 aromatic carbocycles. The van der Waals surface area contributed by atoms with Crippen LogP contribution in [0.15, 0.2) is 15.2 Å². The van der Waals surface area contributed by atoms with Crippen molar-refractivity contribution < 1.29 is 0 Å². The molecule has 2 aromatic rings. The van der Waals surface area contributed by atoms with Gasteiger partial charge in [0.2, 0.25) is 0 Å². The Hall–Kier alpha value is -0.940. The molecular formula is C15H20BrN3S. The van der Waals surface area contributed by atoms with Crippen LogP contribution in [-0.4, -0.2) is 16.5 Å². The summed E-state index contributed by atoms with van der Waals surface area (Å²) in [5.74, 6) is 2.27. The molecule has 0 aliphatic rings. The summed E-state index contributed by atoms with van der Waals surface area (Å²) in [5.41, 5.74) is 3.44. The van der Waals surface area contributed by atoms with Crippen LogP contribution in [0.25, 0.3) is 11.4 Å². The Kier molecular flexibility index (Phi) is 5.16. The number of rotatable bonds is 5. The fourth-order valence-corrected chi connectivity index (χ4v) is 3.32. The van der Waals surface area contributed by atoms with Crippen LogP contribution in [0.5, 0.6) is 0 Å². The predicted molar refractivity (Wildman–Crippen MR) is 90.5 cm³/mol. The lowest BCUT2D eigenvalue weighted by Gasteiger charge is -2.13. The van der Waals surface area contributed by atoms with Crippen molar-refractivity contribution in [2.75, 3.05) is 11.9 Å². The van der Waals surface area contributed by atoms with Gasteiger partial charge in [-0.15, -0.1) is 0 Å². The first kappa shape index (κ1) is 15.4. The maximum absolute atomic E-state index is 4.77. The molecule has 5 heteroatoms. The molecule has 0 bridgehead atoms. The van der Waals surface area contributed by atoms with E-state index in [1.54, 1.807) is 11.3 Å². The highest BCUT2D eigenvalue weighted by molar-refractivity contribution is 9.10. The number of hydrogen-bond acceptors (Lipinski definition) is 4. The van der Waals surface area contributed by atoms with E-state index >= 15 is 0 Å². The first-order chi connectivity index (χ1) is 9.52. The van der Waals surface area contributed by atoms with E-state index in [4.69, 9.17) is 4.98 Å². The van der Waals surface area contributed by atoms with Crippen molar-refractivity contribution in [3.05, 3.63) is 26.5 Å². The van der Waals surface area contributed by atoms with E-state index < -0.39 is 0 Å². The van der Waals surface area contributed by atoms with Gasteiger partial charge in [0.1, 0.15) is 5.82 Å². The summed E-state index contributed by atoms with van der Waals surface area (Å²) in [6.45, 7) is 9.44. The van der Waals surface area contributed by atoms with Crippen molar-refractivity contribution in [3.63, 3.8) is 0 Å².